The van der Waals surface area contributed by atoms with Crippen molar-refractivity contribution in [1.82, 2.24) is 5.23 Å². The molecule has 0 spiro atoms. The number of hydroxylamine groups is 2. The summed E-state index contributed by atoms with van der Waals surface area (Å²) < 4.78 is 0. The summed E-state index contributed by atoms with van der Waals surface area (Å²) in [6.45, 7) is 4.26. The minimum absolute atomic E-state index is 0.734. The number of hydrogen-bond donors (Lipinski definition) is 0. The maximum Gasteiger partial charge on any atom is 0.0714 e. The van der Waals surface area contributed by atoms with Gasteiger partial charge in [0, 0.05) is 6.54 Å². The Morgan fingerprint density at radius 1 is 1.00 bits per heavy atom. The summed E-state index contributed by atoms with van der Waals surface area (Å²) in [4.78, 5) is 10.7. The molecule has 0 aromatic heterocycles. The molecule has 0 aliphatic rings. The van der Waals surface area contributed by atoms with Gasteiger partial charge in [-0.15, -0.1) is 18.5 Å². The fourth-order valence-corrected chi connectivity index (χ4v) is 1.05. The van der Waals surface area contributed by atoms with Crippen molar-refractivity contribution < 1.29 is 9.68 Å². The zero-order chi connectivity index (χ0) is 9.94. The maximum atomic E-state index is 5.37. The smallest absolute Gasteiger partial charge is 0.0714 e. The van der Waals surface area contributed by atoms with Crippen molar-refractivity contribution in [2.24, 2.45) is 0 Å². The van der Waals surface area contributed by atoms with Gasteiger partial charge >= 0.3 is 0 Å². The lowest BCUT2D eigenvalue weighted by atomic mass is 10.5. The molecule has 0 radical (unpaired) electrons. The molecular weight excluding hydrogens is 204 g/mol. The van der Waals surface area contributed by atoms with Gasteiger partial charge in [0.15, 0.2) is 0 Å². The molecule has 0 rings (SSSR count). The third kappa shape index (κ3) is 9.05. The van der Waals surface area contributed by atoms with Crippen LogP contribution in [-0.2, 0) is 9.68 Å². The molecule has 0 heterocycles. The van der Waals surface area contributed by atoms with Gasteiger partial charge in [0.2, 0.25) is 0 Å². The molecule has 0 aromatic carbocycles. The molecule has 3 nitrogen and oxygen atoms in total. The SMILES string of the molecule is CCN(OCCCP)OCCCP. The number of nitrogens with zero attached hydrogens (tertiary/aromatic N) is 1. The largest absolute Gasteiger partial charge is 0.274 e. The Morgan fingerprint density at radius 2 is 1.46 bits per heavy atom. The van der Waals surface area contributed by atoms with E-state index in [-0.39, 0.29) is 0 Å². The maximum absolute atomic E-state index is 5.37. The Balaban J connectivity index is 3.28. The van der Waals surface area contributed by atoms with Gasteiger partial charge in [-0.25, -0.2) is 0 Å². The normalized spacial score (nSPS) is 11.1. The van der Waals surface area contributed by atoms with Crippen LogP contribution in [0.5, 0.6) is 0 Å². The highest BCUT2D eigenvalue weighted by molar-refractivity contribution is 7.16. The van der Waals surface area contributed by atoms with E-state index in [0.717, 1.165) is 44.9 Å². The first-order valence-corrected chi connectivity index (χ1v) is 6.42. The molecule has 5 heteroatoms. The van der Waals surface area contributed by atoms with Gasteiger partial charge in [0.1, 0.15) is 0 Å². The van der Waals surface area contributed by atoms with E-state index in [1.165, 1.54) is 0 Å². The standard InChI is InChI=1S/C8H21NO2P2/c1-2-9(10-5-3-7-12)11-6-4-8-13/h2-8,12-13H2,1H3. The molecule has 0 N–H and O–H groups in total. The van der Waals surface area contributed by atoms with Gasteiger partial charge in [-0.1, -0.05) is 5.23 Å². The van der Waals surface area contributed by atoms with Crippen molar-refractivity contribution in [3.63, 3.8) is 0 Å². The van der Waals surface area contributed by atoms with Crippen molar-refractivity contribution in [2.75, 3.05) is 32.1 Å². The third-order valence-electron chi connectivity index (χ3n) is 1.43. The predicted molar refractivity (Wildman–Crippen MR) is 62.7 cm³/mol. The van der Waals surface area contributed by atoms with Crippen molar-refractivity contribution >= 4 is 18.5 Å². The van der Waals surface area contributed by atoms with E-state index >= 15 is 0 Å². The zero-order valence-electron chi connectivity index (χ0n) is 8.37. The first kappa shape index (κ1) is 13.7. The van der Waals surface area contributed by atoms with Crippen LogP contribution < -0.4 is 0 Å². The van der Waals surface area contributed by atoms with E-state index in [2.05, 4.69) is 18.5 Å². The summed E-state index contributed by atoms with van der Waals surface area (Å²) in [5, 5.41) is 1.57. The molecule has 0 fully saturated rings. The average molecular weight is 225 g/mol. The topological polar surface area (TPSA) is 21.7 Å². The lowest BCUT2D eigenvalue weighted by Crippen LogP contribution is -2.25. The molecule has 0 saturated carbocycles. The van der Waals surface area contributed by atoms with Crippen LogP contribution in [0.3, 0.4) is 0 Å². The van der Waals surface area contributed by atoms with E-state index in [0.29, 0.717) is 0 Å². The second-order valence-electron chi connectivity index (χ2n) is 2.60. The molecule has 0 bridgehead atoms. The highest BCUT2D eigenvalue weighted by Gasteiger charge is 2.01. The van der Waals surface area contributed by atoms with Crippen LogP contribution in [0.4, 0.5) is 0 Å². The van der Waals surface area contributed by atoms with Crippen molar-refractivity contribution in [1.29, 1.82) is 0 Å². The van der Waals surface area contributed by atoms with Crippen LogP contribution in [0.15, 0.2) is 0 Å². The second-order valence-corrected chi connectivity index (χ2v) is 3.75. The highest BCUT2D eigenvalue weighted by Crippen LogP contribution is 1.97. The molecule has 80 valence electrons. The lowest BCUT2D eigenvalue weighted by molar-refractivity contribution is -0.365. The Bertz CT molecular complexity index is 96.1. The number of hydrogen-bond acceptors (Lipinski definition) is 3. The van der Waals surface area contributed by atoms with Gasteiger partial charge in [-0.05, 0) is 32.1 Å². The van der Waals surface area contributed by atoms with Crippen LogP contribution in [0, 0.1) is 0 Å². The highest BCUT2D eigenvalue weighted by atomic mass is 31.0. The molecule has 0 saturated heterocycles. The molecule has 2 unspecified atom stereocenters. The van der Waals surface area contributed by atoms with E-state index in [1.54, 1.807) is 5.23 Å². The zero-order valence-corrected chi connectivity index (χ0v) is 10.7. The summed E-state index contributed by atoms with van der Waals surface area (Å²) in [6.07, 6.45) is 4.24. The third-order valence-corrected chi connectivity index (χ3v) is 2.24. The summed E-state index contributed by atoms with van der Waals surface area (Å²) in [7, 11) is 5.36. The van der Waals surface area contributed by atoms with Gasteiger partial charge in [-0.3, -0.25) is 9.68 Å². The Morgan fingerprint density at radius 3 is 1.77 bits per heavy atom. The van der Waals surface area contributed by atoms with Crippen molar-refractivity contribution in [2.45, 2.75) is 19.8 Å². The van der Waals surface area contributed by atoms with Crippen molar-refractivity contribution in [3.05, 3.63) is 0 Å². The van der Waals surface area contributed by atoms with E-state index in [1.807, 2.05) is 6.92 Å². The Labute approximate surface area is 85.8 Å². The van der Waals surface area contributed by atoms with Gasteiger partial charge in [0.05, 0.1) is 13.2 Å². The van der Waals surface area contributed by atoms with Gasteiger partial charge in [-0.2, -0.15) is 0 Å². The summed E-state index contributed by atoms with van der Waals surface area (Å²) >= 11 is 0. The molecule has 0 aliphatic carbocycles. The minimum Gasteiger partial charge on any atom is -0.274 e. The van der Waals surface area contributed by atoms with E-state index < -0.39 is 0 Å². The van der Waals surface area contributed by atoms with Crippen LogP contribution >= 0.6 is 18.5 Å². The number of rotatable bonds is 9. The average Bonchev–Trinajstić information content (AvgIpc) is 2.16. The summed E-state index contributed by atoms with van der Waals surface area (Å²) in [5.41, 5.74) is 0. The van der Waals surface area contributed by atoms with Crippen LogP contribution in [0.25, 0.3) is 0 Å². The van der Waals surface area contributed by atoms with Gasteiger partial charge in [0.25, 0.3) is 0 Å². The minimum atomic E-state index is 0.734. The van der Waals surface area contributed by atoms with Crippen LogP contribution in [-0.4, -0.2) is 37.3 Å². The second kappa shape index (κ2) is 10.8. The summed E-state index contributed by atoms with van der Waals surface area (Å²) in [5.74, 6) is 0. The van der Waals surface area contributed by atoms with E-state index in [4.69, 9.17) is 9.68 Å². The van der Waals surface area contributed by atoms with E-state index in [9.17, 15) is 0 Å². The Kier molecular flexibility index (Phi) is 11.4. The van der Waals surface area contributed by atoms with Crippen molar-refractivity contribution in [3.8, 4) is 0 Å². The lowest BCUT2D eigenvalue weighted by Gasteiger charge is -2.18. The van der Waals surface area contributed by atoms with Crippen LogP contribution in [0.2, 0.25) is 0 Å². The molecule has 0 amide bonds. The molecule has 0 aromatic rings. The molecule has 0 aliphatic heterocycles. The predicted octanol–water partition coefficient (Wildman–Crippen LogP) is 1.70. The molecule has 2 atom stereocenters. The Hall–Kier alpha value is 0.740. The fraction of sp³-hybridized carbons (Fsp3) is 1.00. The van der Waals surface area contributed by atoms with Gasteiger partial charge < -0.3 is 0 Å². The summed E-state index contributed by atoms with van der Waals surface area (Å²) in [6, 6.07) is 0. The monoisotopic (exact) mass is 225 g/mol. The van der Waals surface area contributed by atoms with Crippen LogP contribution in [0.1, 0.15) is 19.8 Å². The quantitative estimate of drug-likeness (QED) is 0.338. The first-order chi connectivity index (χ1) is 6.35. The molecule has 13 heavy (non-hydrogen) atoms. The fourth-order valence-electron chi connectivity index (χ4n) is 0.719. The first-order valence-electron chi connectivity index (χ1n) is 4.78. The molecular formula is C8H21NO2P2.